The van der Waals surface area contributed by atoms with E-state index in [1.807, 2.05) is 4.90 Å². The van der Waals surface area contributed by atoms with Crippen LogP contribution in [-0.2, 0) is 19.7 Å². The summed E-state index contributed by atoms with van der Waals surface area (Å²) in [6.07, 6.45) is 4.39. The molecule has 3 saturated carbocycles. The maximum Gasteiger partial charge on any atom is 0.304 e. The van der Waals surface area contributed by atoms with Crippen molar-refractivity contribution < 1.29 is 23.8 Å². The second kappa shape index (κ2) is 6.79. The van der Waals surface area contributed by atoms with Crippen LogP contribution in [-0.4, -0.2) is 48.2 Å². The van der Waals surface area contributed by atoms with Gasteiger partial charge in [0.1, 0.15) is 5.82 Å². The van der Waals surface area contributed by atoms with Crippen molar-refractivity contribution in [2.24, 2.45) is 23.2 Å². The number of carboxylic acids is 1. The maximum atomic E-state index is 13.6. The second-order valence-corrected chi connectivity index (χ2v) is 9.55. The topological polar surface area (TPSA) is 66.8 Å². The van der Waals surface area contributed by atoms with Gasteiger partial charge in [-0.1, -0.05) is 12.1 Å². The van der Waals surface area contributed by atoms with Crippen LogP contribution in [0.15, 0.2) is 24.3 Å². The molecule has 1 aromatic carbocycles. The minimum atomic E-state index is -0.816. The standard InChI is InChI=1S/C23H28FNO4/c24-17-3-1-16(2-4-17)22(14-20(26)27)5-6-23(13-15-11-18(22)19(23)12-15)21(28)25-7-9-29-10-8-25/h1-4,15,18-19H,5-14H2,(H,26,27). The summed E-state index contributed by atoms with van der Waals surface area (Å²) in [4.78, 5) is 27.5. The Kier molecular flexibility index (Phi) is 4.46. The van der Waals surface area contributed by atoms with E-state index in [4.69, 9.17) is 4.74 Å². The molecule has 5 nitrogen and oxygen atoms in total. The Labute approximate surface area is 170 Å². The summed E-state index contributed by atoms with van der Waals surface area (Å²) in [5, 5.41) is 9.76. The molecule has 156 valence electrons. The number of rotatable bonds is 4. The van der Waals surface area contributed by atoms with Gasteiger partial charge in [-0.3, -0.25) is 9.59 Å². The van der Waals surface area contributed by atoms with Gasteiger partial charge in [0, 0.05) is 18.5 Å². The maximum absolute atomic E-state index is 13.6. The van der Waals surface area contributed by atoms with Crippen LogP contribution in [0.25, 0.3) is 0 Å². The lowest BCUT2D eigenvalue weighted by atomic mass is 9.48. The van der Waals surface area contributed by atoms with Crippen molar-refractivity contribution in [2.45, 2.75) is 43.9 Å². The smallest absolute Gasteiger partial charge is 0.304 e. The molecule has 4 aliphatic rings. The van der Waals surface area contributed by atoms with Crippen molar-refractivity contribution in [3.8, 4) is 0 Å². The number of hydrogen-bond donors (Lipinski definition) is 1. The van der Waals surface area contributed by atoms with Crippen LogP contribution in [0.3, 0.4) is 0 Å². The lowest BCUT2D eigenvalue weighted by Gasteiger charge is -2.55. The normalized spacial score (nSPS) is 38.2. The first-order valence-electron chi connectivity index (χ1n) is 10.8. The van der Waals surface area contributed by atoms with E-state index >= 15 is 0 Å². The van der Waals surface area contributed by atoms with Gasteiger partial charge in [-0.2, -0.15) is 0 Å². The summed E-state index contributed by atoms with van der Waals surface area (Å²) in [7, 11) is 0. The van der Waals surface area contributed by atoms with Crippen LogP contribution in [0.1, 0.15) is 44.1 Å². The fraction of sp³-hybridized carbons (Fsp3) is 0.652. The summed E-state index contributed by atoms with van der Waals surface area (Å²) >= 11 is 0. The Balaban J connectivity index is 1.52. The van der Waals surface area contributed by atoms with Gasteiger partial charge in [0.25, 0.3) is 0 Å². The number of amides is 1. The number of morpholine rings is 1. The second-order valence-electron chi connectivity index (χ2n) is 9.55. The van der Waals surface area contributed by atoms with Crippen LogP contribution < -0.4 is 0 Å². The Bertz CT molecular complexity index is 821. The van der Waals surface area contributed by atoms with Gasteiger partial charge in [-0.15, -0.1) is 0 Å². The molecule has 1 aliphatic heterocycles. The first-order chi connectivity index (χ1) is 13.9. The number of carbonyl (C=O) groups excluding carboxylic acids is 1. The molecular formula is C23H28FNO4. The number of benzene rings is 1. The van der Waals surface area contributed by atoms with Gasteiger partial charge in [-0.05, 0) is 67.6 Å². The van der Waals surface area contributed by atoms with Crippen LogP contribution in [0.4, 0.5) is 4.39 Å². The third-order valence-electron chi connectivity index (χ3n) is 8.36. The van der Waals surface area contributed by atoms with Gasteiger partial charge in [0.15, 0.2) is 0 Å². The Morgan fingerprint density at radius 2 is 1.79 bits per heavy atom. The molecule has 1 saturated heterocycles. The Morgan fingerprint density at radius 1 is 1.10 bits per heavy atom. The highest BCUT2D eigenvalue weighted by molar-refractivity contribution is 5.84. The van der Waals surface area contributed by atoms with Crippen molar-refractivity contribution in [3.05, 3.63) is 35.6 Å². The summed E-state index contributed by atoms with van der Waals surface area (Å²) in [6.45, 7) is 2.50. The average molecular weight is 401 g/mol. The molecule has 1 N–H and O–H groups in total. The SMILES string of the molecule is O=C(O)CC1(c2ccc(F)cc2)CCC2(C(=O)N3CCOCC3)CC3CC2C1C3. The van der Waals surface area contributed by atoms with Crippen molar-refractivity contribution in [3.63, 3.8) is 0 Å². The molecular weight excluding hydrogens is 373 g/mol. The molecule has 5 rings (SSSR count). The van der Waals surface area contributed by atoms with E-state index in [2.05, 4.69) is 0 Å². The fourth-order valence-corrected chi connectivity index (χ4v) is 7.28. The van der Waals surface area contributed by atoms with E-state index in [1.165, 1.54) is 12.1 Å². The summed E-state index contributed by atoms with van der Waals surface area (Å²) in [6, 6.07) is 6.40. The molecule has 6 heteroatoms. The average Bonchev–Trinajstić information content (AvgIpc) is 3.31. The lowest BCUT2D eigenvalue weighted by Crippen LogP contribution is -2.58. The number of aliphatic carboxylic acids is 1. The number of halogens is 1. The zero-order valence-corrected chi connectivity index (χ0v) is 16.6. The minimum Gasteiger partial charge on any atom is -0.481 e. The molecule has 1 aromatic rings. The largest absolute Gasteiger partial charge is 0.481 e. The van der Waals surface area contributed by atoms with E-state index in [0.717, 1.165) is 31.2 Å². The molecule has 29 heavy (non-hydrogen) atoms. The number of carbonyl (C=O) groups is 2. The van der Waals surface area contributed by atoms with E-state index in [9.17, 15) is 19.1 Å². The molecule has 0 radical (unpaired) electrons. The van der Waals surface area contributed by atoms with Crippen LogP contribution >= 0.6 is 0 Å². The molecule has 0 aromatic heterocycles. The monoisotopic (exact) mass is 401 g/mol. The zero-order chi connectivity index (χ0) is 20.2. The molecule has 2 bridgehead atoms. The fourth-order valence-electron chi connectivity index (χ4n) is 7.28. The molecule has 1 heterocycles. The summed E-state index contributed by atoms with van der Waals surface area (Å²) < 4.78 is 19.0. The number of ether oxygens (including phenoxy) is 1. The van der Waals surface area contributed by atoms with Crippen molar-refractivity contribution >= 4 is 11.9 Å². The predicted molar refractivity (Wildman–Crippen MR) is 104 cm³/mol. The third-order valence-corrected chi connectivity index (χ3v) is 8.36. The zero-order valence-electron chi connectivity index (χ0n) is 16.6. The first kappa shape index (κ1) is 19.0. The molecule has 4 fully saturated rings. The Hall–Kier alpha value is -1.95. The third kappa shape index (κ3) is 2.82. The molecule has 0 spiro atoms. The summed E-state index contributed by atoms with van der Waals surface area (Å²) in [5.41, 5.74) is 0.0764. The Morgan fingerprint density at radius 3 is 2.45 bits per heavy atom. The van der Waals surface area contributed by atoms with E-state index in [-0.39, 0.29) is 35.4 Å². The van der Waals surface area contributed by atoms with E-state index < -0.39 is 11.4 Å². The quantitative estimate of drug-likeness (QED) is 0.841. The molecule has 3 aliphatic carbocycles. The van der Waals surface area contributed by atoms with Crippen molar-refractivity contribution in [2.75, 3.05) is 26.3 Å². The summed E-state index contributed by atoms with van der Waals surface area (Å²) in [5.74, 6) is 0.0245. The molecule has 1 amide bonds. The molecule has 5 unspecified atom stereocenters. The van der Waals surface area contributed by atoms with Crippen LogP contribution in [0, 0.1) is 29.0 Å². The molecule has 5 atom stereocenters. The van der Waals surface area contributed by atoms with Crippen molar-refractivity contribution in [1.29, 1.82) is 0 Å². The van der Waals surface area contributed by atoms with Gasteiger partial charge >= 0.3 is 5.97 Å². The predicted octanol–water partition coefficient (Wildman–Crippen LogP) is 3.22. The minimum absolute atomic E-state index is 0.0499. The highest BCUT2D eigenvalue weighted by Crippen LogP contribution is 2.70. The van der Waals surface area contributed by atoms with Gasteiger partial charge in [-0.25, -0.2) is 4.39 Å². The van der Waals surface area contributed by atoms with Crippen LogP contribution in [0.2, 0.25) is 0 Å². The number of fused-ring (bicyclic) bond motifs is 1. The highest BCUT2D eigenvalue weighted by atomic mass is 19.1. The van der Waals surface area contributed by atoms with Crippen molar-refractivity contribution in [1.82, 2.24) is 4.90 Å². The van der Waals surface area contributed by atoms with Crippen LogP contribution in [0.5, 0.6) is 0 Å². The van der Waals surface area contributed by atoms with E-state index in [0.29, 0.717) is 38.6 Å². The first-order valence-corrected chi connectivity index (χ1v) is 10.8. The van der Waals surface area contributed by atoms with Gasteiger partial charge in [0.05, 0.1) is 25.0 Å². The number of carboxylic acid groups (broad SMARTS) is 1. The number of hydrogen-bond acceptors (Lipinski definition) is 3. The van der Waals surface area contributed by atoms with Gasteiger partial charge < -0.3 is 14.7 Å². The highest BCUT2D eigenvalue weighted by Gasteiger charge is 2.67. The lowest BCUT2D eigenvalue weighted by molar-refractivity contribution is -0.158. The van der Waals surface area contributed by atoms with E-state index in [1.54, 1.807) is 12.1 Å². The van der Waals surface area contributed by atoms with Gasteiger partial charge in [0.2, 0.25) is 5.91 Å². The number of nitrogens with zero attached hydrogens (tertiary/aromatic N) is 1.